The third kappa shape index (κ3) is 6.57. The van der Waals surface area contributed by atoms with Gasteiger partial charge in [0.15, 0.2) is 0 Å². The molecule has 1 unspecified atom stereocenters. The molecule has 0 saturated carbocycles. The number of epoxide rings is 1. The van der Waals surface area contributed by atoms with E-state index in [9.17, 15) is 14.4 Å². The van der Waals surface area contributed by atoms with Gasteiger partial charge in [-0.05, 0) is 6.92 Å². The summed E-state index contributed by atoms with van der Waals surface area (Å²) in [6, 6.07) is 0. The first-order chi connectivity index (χ1) is 12.4. The van der Waals surface area contributed by atoms with Crippen molar-refractivity contribution in [1.82, 2.24) is 14.7 Å². The van der Waals surface area contributed by atoms with Crippen LogP contribution in [-0.4, -0.2) is 83.9 Å². The maximum Gasteiger partial charge on any atom is 0.147 e. The van der Waals surface area contributed by atoms with E-state index in [1.54, 1.807) is 0 Å². The van der Waals surface area contributed by atoms with E-state index in [1.807, 2.05) is 12.2 Å². The molecule has 0 aromatic rings. The number of ketones is 3. The van der Waals surface area contributed by atoms with Crippen molar-refractivity contribution in [3.63, 3.8) is 0 Å². The molecule has 0 aromatic heterocycles. The molecule has 1 atom stereocenters. The maximum atomic E-state index is 12.4. The van der Waals surface area contributed by atoms with Crippen LogP contribution in [0.25, 0.3) is 0 Å². The molecule has 2 aliphatic heterocycles. The van der Waals surface area contributed by atoms with E-state index in [0.717, 1.165) is 26.5 Å². The van der Waals surface area contributed by atoms with Crippen molar-refractivity contribution < 1.29 is 19.1 Å². The van der Waals surface area contributed by atoms with Gasteiger partial charge in [0.25, 0.3) is 0 Å². The standard InChI is InChI=1S/C19H29N3O4/c1-4-6-21-13-20(11-18-12-26-18)14-22(7-5-2)19(21)10-17(25)9-16(24)8-15(3)23/h4-5,18-19H,1-2,6-14H2,3H3. The fourth-order valence-electron chi connectivity index (χ4n) is 3.34. The summed E-state index contributed by atoms with van der Waals surface area (Å²) in [6.07, 6.45) is 3.73. The molecule has 2 rings (SSSR count). The van der Waals surface area contributed by atoms with Gasteiger partial charge in [-0.2, -0.15) is 0 Å². The van der Waals surface area contributed by atoms with E-state index in [0.29, 0.717) is 19.2 Å². The van der Waals surface area contributed by atoms with Crippen LogP contribution in [0.15, 0.2) is 25.3 Å². The van der Waals surface area contributed by atoms with Crippen molar-refractivity contribution in [1.29, 1.82) is 0 Å². The molecular weight excluding hydrogens is 334 g/mol. The Morgan fingerprint density at radius 1 is 1.04 bits per heavy atom. The Kier molecular flexibility index (Phi) is 7.84. The molecule has 2 aliphatic rings. The molecule has 0 radical (unpaired) electrons. The highest BCUT2D eigenvalue weighted by molar-refractivity contribution is 6.06. The van der Waals surface area contributed by atoms with Crippen molar-refractivity contribution in [2.45, 2.75) is 38.5 Å². The lowest BCUT2D eigenvalue weighted by atomic mass is 10.0. The summed E-state index contributed by atoms with van der Waals surface area (Å²) in [6.45, 7) is 13.4. The number of hydrogen-bond acceptors (Lipinski definition) is 7. The van der Waals surface area contributed by atoms with Gasteiger partial charge in [0.1, 0.15) is 17.3 Å². The van der Waals surface area contributed by atoms with Gasteiger partial charge < -0.3 is 4.74 Å². The summed E-state index contributed by atoms with van der Waals surface area (Å²) < 4.78 is 5.33. The smallest absolute Gasteiger partial charge is 0.147 e. The van der Waals surface area contributed by atoms with E-state index >= 15 is 0 Å². The van der Waals surface area contributed by atoms with Crippen LogP contribution >= 0.6 is 0 Å². The lowest BCUT2D eigenvalue weighted by Crippen LogP contribution is -2.62. The Labute approximate surface area is 155 Å². The average Bonchev–Trinajstić information content (AvgIpc) is 3.34. The summed E-state index contributed by atoms with van der Waals surface area (Å²) in [7, 11) is 0. The predicted octanol–water partition coefficient (Wildman–Crippen LogP) is 0.815. The predicted molar refractivity (Wildman–Crippen MR) is 98.3 cm³/mol. The molecular formula is C19H29N3O4. The summed E-state index contributed by atoms with van der Waals surface area (Å²) in [4.78, 5) is 41.9. The average molecular weight is 363 g/mol. The third-order valence-electron chi connectivity index (χ3n) is 4.45. The number of ether oxygens (including phenoxy) is 1. The van der Waals surface area contributed by atoms with E-state index in [4.69, 9.17) is 4.74 Å². The summed E-state index contributed by atoms with van der Waals surface area (Å²) in [5, 5.41) is 0. The molecule has 0 spiro atoms. The van der Waals surface area contributed by atoms with Crippen LogP contribution in [-0.2, 0) is 19.1 Å². The Morgan fingerprint density at radius 2 is 1.62 bits per heavy atom. The summed E-state index contributed by atoms with van der Waals surface area (Å²) >= 11 is 0. The second-order valence-electron chi connectivity index (χ2n) is 7.03. The summed E-state index contributed by atoms with van der Waals surface area (Å²) in [5.41, 5.74) is 0. The summed E-state index contributed by atoms with van der Waals surface area (Å²) in [5.74, 6) is -0.653. The Hall–Kier alpha value is -1.67. The van der Waals surface area contributed by atoms with E-state index < -0.39 is 0 Å². The zero-order valence-corrected chi connectivity index (χ0v) is 15.6. The highest BCUT2D eigenvalue weighted by Gasteiger charge is 2.36. The van der Waals surface area contributed by atoms with Crippen molar-refractivity contribution in [3.05, 3.63) is 25.3 Å². The van der Waals surface area contributed by atoms with Crippen LogP contribution in [0.5, 0.6) is 0 Å². The van der Waals surface area contributed by atoms with Gasteiger partial charge >= 0.3 is 0 Å². The molecule has 7 nitrogen and oxygen atoms in total. The topological polar surface area (TPSA) is 73.5 Å². The Bertz CT molecular complexity index is 539. The zero-order chi connectivity index (χ0) is 19.1. The number of hydrogen-bond donors (Lipinski definition) is 0. The van der Waals surface area contributed by atoms with E-state index in [1.165, 1.54) is 6.92 Å². The van der Waals surface area contributed by atoms with Gasteiger partial charge in [0.2, 0.25) is 0 Å². The van der Waals surface area contributed by atoms with Gasteiger partial charge in [0.05, 0.1) is 45.1 Å². The second kappa shape index (κ2) is 9.87. The van der Waals surface area contributed by atoms with Gasteiger partial charge in [0, 0.05) is 26.1 Å². The molecule has 0 bridgehead atoms. The highest BCUT2D eigenvalue weighted by atomic mass is 16.6. The molecule has 0 aromatic carbocycles. The quantitative estimate of drug-likeness (QED) is 0.289. The van der Waals surface area contributed by atoms with E-state index in [-0.39, 0.29) is 42.8 Å². The van der Waals surface area contributed by atoms with Gasteiger partial charge in [-0.15, -0.1) is 13.2 Å². The SMILES string of the molecule is C=CCN1CN(CC2CO2)CN(CC=C)C1CC(=O)CC(=O)CC(C)=O. The fourth-order valence-corrected chi connectivity index (χ4v) is 3.34. The zero-order valence-electron chi connectivity index (χ0n) is 15.6. The number of Topliss-reactive ketones (excluding diaryl/α,β-unsaturated/α-hetero) is 3. The number of nitrogens with zero attached hydrogens (tertiary/aromatic N) is 3. The minimum absolute atomic E-state index is 0.111. The molecule has 0 N–H and O–H groups in total. The molecule has 2 saturated heterocycles. The lowest BCUT2D eigenvalue weighted by Gasteiger charge is -2.48. The number of carbonyl (C=O) groups is 3. The fraction of sp³-hybridized carbons (Fsp3) is 0.632. The molecule has 144 valence electrons. The minimum Gasteiger partial charge on any atom is -0.372 e. The Balaban J connectivity index is 2.01. The van der Waals surface area contributed by atoms with Crippen LogP contribution in [0.3, 0.4) is 0 Å². The first-order valence-corrected chi connectivity index (χ1v) is 8.99. The highest BCUT2D eigenvalue weighted by Crippen LogP contribution is 2.21. The largest absolute Gasteiger partial charge is 0.372 e. The van der Waals surface area contributed by atoms with Crippen LogP contribution in [0, 0.1) is 0 Å². The van der Waals surface area contributed by atoms with Gasteiger partial charge in [-0.1, -0.05) is 12.2 Å². The molecule has 26 heavy (non-hydrogen) atoms. The van der Waals surface area contributed by atoms with E-state index in [2.05, 4.69) is 27.9 Å². The van der Waals surface area contributed by atoms with Crippen molar-refractivity contribution in [3.8, 4) is 0 Å². The van der Waals surface area contributed by atoms with Crippen LogP contribution < -0.4 is 0 Å². The van der Waals surface area contributed by atoms with Crippen LogP contribution in [0.4, 0.5) is 0 Å². The molecule has 7 heteroatoms. The van der Waals surface area contributed by atoms with Gasteiger partial charge in [-0.3, -0.25) is 29.1 Å². The van der Waals surface area contributed by atoms with Crippen molar-refractivity contribution in [2.75, 3.05) is 39.6 Å². The molecule has 0 aliphatic carbocycles. The Morgan fingerprint density at radius 3 is 2.08 bits per heavy atom. The number of carbonyl (C=O) groups excluding carboxylic acids is 3. The maximum absolute atomic E-state index is 12.4. The van der Waals surface area contributed by atoms with Gasteiger partial charge in [-0.25, -0.2) is 0 Å². The normalized spacial score (nSPS) is 22.1. The first-order valence-electron chi connectivity index (χ1n) is 8.99. The van der Waals surface area contributed by atoms with Crippen LogP contribution in [0.1, 0.15) is 26.2 Å². The molecule has 2 heterocycles. The van der Waals surface area contributed by atoms with Crippen molar-refractivity contribution >= 4 is 17.3 Å². The molecule has 2 fully saturated rings. The lowest BCUT2D eigenvalue weighted by molar-refractivity contribution is -0.133. The minimum atomic E-state index is -0.309. The first kappa shape index (κ1) is 20.6. The third-order valence-corrected chi connectivity index (χ3v) is 4.45. The second-order valence-corrected chi connectivity index (χ2v) is 7.03. The monoisotopic (exact) mass is 363 g/mol. The van der Waals surface area contributed by atoms with Crippen LogP contribution in [0.2, 0.25) is 0 Å². The number of rotatable bonds is 12. The van der Waals surface area contributed by atoms with Crippen molar-refractivity contribution in [2.24, 2.45) is 0 Å². The molecule has 0 amide bonds.